The first-order chi connectivity index (χ1) is 14.5. The summed E-state index contributed by atoms with van der Waals surface area (Å²) in [6, 6.07) is 13.8. The molecule has 3 aromatic rings. The van der Waals surface area contributed by atoms with Gasteiger partial charge in [-0.1, -0.05) is 18.3 Å². The fraction of sp³-hybridized carbons (Fsp3) is 0.391. The second kappa shape index (κ2) is 10.8. The molecule has 0 aliphatic carbocycles. The number of carbonyl (C=O) groups excluding carboxylic acids is 1. The third-order valence-electron chi connectivity index (χ3n) is 4.53. The minimum Gasteiger partial charge on any atom is -0.494 e. The van der Waals surface area contributed by atoms with E-state index in [9.17, 15) is 4.79 Å². The van der Waals surface area contributed by atoms with E-state index in [0.717, 1.165) is 39.8 Å². The van der Waals surface area contributed by atoms with Gasteiger partial charge >= 0.3 is 0 Å². The summed E-state index contributed by atoms with van der Waals surface area (Å²) in [6.07, 6.45) is 0.878. The van der Waals surface area contributed by atoms with Crippen molar-refractivity contribution in [3.8, 4) is 5.75 Å². The third kappa shape index (κ3) is 5.74. The summed E-state index contributed by atoms with van der Waals surface area (Å²) in [5.41, 5.74) is 1.58. The lowest BCUT2D eigenvalue weighted by atomic mass is 10.2. The van der Waals surface area contributed by atoms with Crippen LogP contribution in [0.25, 0.3) is 10.2 Å². The molecule has 0 atom stereocenters. The van der Waals surface area contributed by atoms with Crippen molar-refractivity contribution in [2.75, 3.05) is 44.4 Å². The van der Waals surface area contributed by atoms with Gasteiger partial charge in [-0.25, -0.2) is 4.98 Å². The quantitative estimate of drug-likeness (QED) is 0.392. The van der Waals surface area contributed by atoms with Crippen LogP contribution < -0.4 is 9.64 Å². The predicted octanol–water partition coefficient (Wildman–Crippen LogP) is 5.41. The van der Waals surface area contributed by atoms with Gasteiger partial charge in [-0.3, -0.25) is 9.69 Å². The minimum atomic E-state index is -0.00843. The van der Waals surface area contributed by atoms with E-state index in [1.807, 2.05) is 68.4 Å². The van der Waals surface area contributed by atoms with Gasteiger partial charge in [-0.2, -0.15) is 0 Å². The molecule has 0 fully saturated rings. The second-order valence-corrected chi connectivity index (χ2v) is 9.48. The van der Waals surface area contributed by atoms with E-state index in [2.05, 4.69) is 11.8 Å². The van der Waals surface area contributed by atoms with Gasteiger partial charge in [0.25, 0.3) is 5.91 Å². The molecule has 0 saturated heterocycles. The van der Waals surface area contributed by atoms with E-state index in [1.54, 1.807) is 11.8 Å². The van der Waals surface area contributed by atoms with E-state index in [-0.39, 0.29) is 5.91 Å². The van der Waals surface area contributed by atoms with Gasteiger partial charge in [0, 0.05) is 17.0 Å². The number of thioether (sulfide) groups is 1. The molecule has 0 unspecified atom stereocenters. The van der Waals surface area contributed by atoms with Crippen LogP contribution >= 0.6 is 23.1 Å². The normalized spacial score (nSPS) is 11.2. The Morgan fingerprint density at radius 3 is 2.53 bits per heavy atom. The Morgan fingerprint density at radius 1 is 1.10 bits per heavy atom. The lowest BCUT2D eigenvalue weighted by Crippen LogP contribution is -2.33. The molecule has 0 spiro atoms. The molecule has 0 aliphatic heterocycles. The van der Waals surface area contributed by atoms with Gasteiger partial charge < -0.3 is 9.64 Å². The number of aromatic nitrogens is 1. The average Bonchev–Trinajstić information content (AvgIpc) is 3.14. The molecular formula is C23H29N3O2S2. The van der Waals surface area contributed by atoms with Crippen molar-refractivity contribution in [1.82, 2.24) is 9.88 Å². The highest BCUT2D eigenvalue weighted by atomic mass is 32.2. The Hall–Kier alpha value is -2.09. The Balaban J connectivity index is 1.89. The summed E-state index contributed by atoms with van der Waals surface area (Å²) < 4.78 is 6.64. The van der Waals surface area contributed by atoms with Gasteiger partial charge in [0.1, 0.15) is 5.75 Å². The summed E-state index contributed by atoms with van der Waals surface area (Å²) in [7, 11) is 4.09. The number of carbonyl (C=O) groups is 1. The Morgan fingerprint density at radius 2 is 1.87 bits per heavy atom. The highest BCUT2D eigenvalue weighted by molar-refractivity contribution is 7.99. The summed E-state index contributed by atoms with van der Waals surface area (Å²) in [5.74, 6) is 1.83. The van der Waals surface area contributed by atoms with Crippen LogP contribution in [-0.4, -0.2) is 55.3 Å². The van der Waals surface area contributed by atoms with Crippen molar-refractivity contribution in [1.29, 1.82) is 0 Å². The maximum atomic E-state index is 13.4. The number of nitrogens with zero attached hydrogens (tertiary/aromatic N) is 3. The molecule has 0 radical (unpaired) electrons. The van der Waals surface area contributed by atoms with Gasteiger partial charge in [-0.15, -0.1) is 11.8 Å². The SMILES string of the molecule is CCOc1ccc2nc(N(CCCN(C)C)C(=O)c3ccc(SCC)cc3)sc2c1. The highest BCUT2D eigenvalue weighted by Crippen LogP contribution is 2.32. The van der Waals surface area contributed by atoms with Crippen LogP contribution in [0.3, 0.4) is 0 Å². The van der Waals surface area contributed by atoms with Gasteiger partial charge in [0.05, 0.1) is 16.8 Å². The van der Waals surface area contributed by atoms with Crippen molar-refractivity contribution < 1.29 is 9.53 Å². The molecule has 0 N–H and O–H groups in total. The highest BCUT2D eigenvalue weighted by Gasteiger charge is 2.21. The topological polar surface area (TPSA) is 45.7 Å². The van der Waals surface area contributed by atoms with Gasteiger partial charge in [0.15, 0.2) is 5.13 Å². The Labute approximate surface area is 187 Å². The van der Waals surface area contributed by atoms with E-state index >= 15 is 0 Å². The van der Waals surface area contributed by atoms with Crippen molar-refractivity contribution in [2.45, 2.75) is 25.2 Å². The number of hydrogen-bond acceptors (Lipinski definition) is 6. The first kappa shape index (κ1) is 22.6. The Kier molecular flexibility index (Phi) is 8.13. The number of thiazole rings is 1. The number of benzene rings is 2. The number of fused-ring (bicyclic) bond motifs is 1. The first-order valence-electron chi connectivity index (χ1n) is 10.2. The molecule has 2 aromatic carbocycles. The summed E-state index contributed by atoms with van der Waals surface area (Å²) in [6.45, 7) is 6.26. The minimum absolute atomic E-state index is 0.00843. The van der Waals surface area contributed by atoms with Crippen molar-refractivity contribution in [3.05, 3.63) is 48.0 Å². The molecule has 0 aliphatic rings. The molecule has 30 heavy (non-hydrogen) atoms. The molecular weight excluding hydrogens is 414 g/mol. The van der Waals surface area contributed by atoms with Crippen LogP contribution in [-0.2, 0) is 0 Å². The zero-order valence-corrected chi connectivity index (χ0v) is 19.7. The monoisotopic (exact) mass is 443 g/mol. The van der Waals surface area contributed by atoms with E-state index in [4.69, 9.17) is 9.72 Å². The zero-order chi connectivity index (χ0) is 21.5. The molecule has 160 valence electrons. The van der Waals surface area contributed by atoms with Crippen molar-refractivity contribution >= 4 is 44.4 Å². The number of ether oxygens (including phenoxy) is 1. The molecule has 5 nitrogen and oxygen atoms in total. The van der Waals surface area contributed by atoms with E-state index in [0.29, 0.717) is 18.7 Å². The van der Waals surface area contributed by atoms with Crippen LogP contribution in [0.4, 0.5) is 5.13 Å². The predicted molar refractivity (Wildman–Crippen MR) is 128 cm³/mol. The third-order valence-corrected chi connectivity index (χ3v) is 6.47. The number of amides is 1. The van der Waals surface area contributed by atoms with E-state index < -0.39 is 0 Å². The summed E-state index contributed by atoms with van der Waals surface area (Å²) in [4.78, 5) is 23.3. The molecule has 7 heteroatoms. The zero-order valence-electron chi connectivity index (χ0n) is 18.1. The van der Waals surface area contributed by atoms with Crippen LogP contribution in [0.15, 0.2) is 47.4 Å². The summed E-state index contributed by atoms with van der Waals surface area (Å²) >= 11 is 3.31. The Bertz CT molecular complexity index is 970. The molecule has 1 heterocycles. The van der Waals surface area contributed by atoms with Crippen molar-refractivity contribution in [3.63, 3.8) is 0 Å². The standard InChI is InChI=1S/C23H29N3O2S2/c1-5-28-18-10-13-20-21(16-18)30-23(24-20)26(15-7-14-25(3)4)22(27)17-8-11-19(12-9-17)29-6-2/h8-13,16H,5-7,14-15H2,1-4H3. The average molecular weight is 444 g/mol. The fourth-order valence-corrected chi connectivity index (χ4v) is 4.79. The maximum Gasteiger partial charge on any atom is 0.260 e. The summed E-state index contributed by atoms with van der Waals surface area (Å²) in [5, 5.41) is 0.731. The molecule has 1 aromatic heterocycles. The smallest absolute Gasteiger partial charge is 0.260 e. The van der Waals surface area contributed by atoms with Crippen LogP contribution in [0.5, 0.6) is 5.75 Å². The van der Waals surface area contributed by atoms with Gasteiger partial charge in [-0.05, 0) is 82.2 Å². The van der Waals surface area contributed by atoms with Crippen molar-refractivity contribution in [2.24, 2.45) is 0 Å². The molecule has 3 rings (SSSR count). The second-order valence-electron chi connectivity index (χ2n) is 7.13. The lowest BCUT2D eigenvalue weighted by molar-refractivity contribution is 0.0986. The lowest BCUT2D eigenvalue weighted by Gasteiger charge is -2.21. The number of hydrogen-bond donors (Lipinski definition) is 0. The van der Waals surface area contributed by atoms with Gasteiger partial charge in [0.2, 0.25) is 0 Å². The molecule has 0 bridgehead atoms. The van der Waals surface area contributed by atoms with E-state index in [1.165, 1.54) is 16.2 Å². The fourth-order valence-electron chi connectivity index (χ4n) is 3.11. The maximum absolute atomic E-state index is 13.4. The molecule has 0 saturated carbocycles. The first-order valence-corrected chi connectivity index (χ1v) is 12.0. The largest absolute Gasteiger partial charge is 0.494 e. The number of anilines is 1. The van der Waals surface area contributed by atoms with Crippen LogP contribution in [0.2, 0.25) is 0 Å². The van der Waals surface area contributed by atoms with Crippen LogP contribution in [0, 0.1) is 0 Å². The molecule has 1 amide bonds. The number of rotatable bonds is 10. The van der Waals surface area contributed by atoms with Crippen LogP contribution in [0.1, 0.15) is 30.6 Å².